The van der Waals surface area contributed by atoms with E-state index in [4.69, 9.17) is 9.47 Å². The molecule has 0 spiro atoms. The lowest BCUT2D eigenvalue weighted by Crippen LogP contribution is -2.22. The van der Waals surface area contributed by atoms with Crippen LogP contribution >= 0.6 is 0 Å². The van der Waals surface area contributed by atoms with Crippen molar-refractivity contribution < 1.29 is 17.9 Å². The lowest BCUT2D eigenvalue weighted by atomic mass is 10.2. The largest absolute Gasteiger partial charge is 0.497 e. The van der Waals surface area contributed by atoms with Gasteiger partial charge in [0, 0.05) is 6.54 Å². The molecule has 0 aliphatic rings. The van der Waals surface area contributed by atoms with E-state index in [1.165, 1.54) is 11.1 Å². The maximum atomic E-state index is 10.3. The zero-order valence-electron chi connectivity index (χ0n) is 20.7. The first kappa shape index (κ1) is 30.0. The molecular weight excluding hydrogens is 438 g/mol. The number of nitrogens with one attached hydrogen (secondary N) is 1. The maximum Gasteiger partial charge on any atom is 0.208 e. The Bertz CT molecular complexity index is 917. The minimum atomic E-state index is -2.94. The van der Waals surface area contributed by atoms with E-state index in [2.05, 4.69) is 40.7 Å². The van der Waals surface area contributed by atoms with Crippen LogP contribution in [0.2, 0.25) is 0 Å². The molecule has 1 aromatic heterocycles. The fourth-order valence-corrected chi connectivity index (χ4v) is 2.56. The fraction of sp³-hybridized carbons (Fsp3) is 0.360. The average molecular weight is 476 g/mol. The molecule has 3 rings (SSSR count). The minimum Gasteiger partial charge on any atom is -0.497 e. The van der Waals surface area contributed by atoms with E-state index in [-0.39, 0.29) is 0 Å². The quantitative estimate of drug-likeness (QED) is 0.573. The van der Waals surface area contributed by atoms with Gasteiger partial charge < -0.3 is 9.47 Å². The van der Waals surface area contributed by atoms with Crippen molar-refractivity contribution in [2.24, 2.45) is 0 Å². The van der Waals surface area contributed by atoms with Crippen LogP contribution in [-0.4, -0.2) is 45.4 Å². The number of aryl methyl sites for hydroxylation is 3. The van der Waals surface area contributed by atoms with Gasteiger partial charge in [0.2, 0.25) is 10.0 Å². The molecule has 0 aliphatic heterocycles. The summed E-state index contributed by atoms with van der Waals surface area (Å²) >= 11 is 0. The molecule has 0 saturated carbocycles. The van der Waals surface area contributed by atoms with Gasteiger partial charge in [0.25, 0.3) is 0 Å². The standard InChI is InChI=1S/C8H10O.C7H8.C6H8N2O.C4H11NO2S/c1-7-3-5-8(9-2)6-4-7;1-7-5-3-2-4-6-7;1-5-7-3-6(9-2)4-8-5;1-3-4-5-8(2,6)7/h3-6H,1-2H3;2-6H,1H3;3-4H,1-2H3;5H,3-4H2,1-2H3. The molecule has 7 nitrogen and oxygen atoms in total. The summed E-state index contributed by atoms with van der Waals surface area (Å²) in [6.07, 6.45) is 5.28. The van der Waals surface area contributed by atoms with Crippen molar-refractivity contribution in [2.45, 2.75) is 34.1 Å². The minimum absolute atomic E-state index is 0.541. The lowest BCUT2D eigenvalue weighted by Gasteiger charge is -1.97. The van der Waals surface area contributed by atoms with Gasteiger partial charge in [-0.25, -0.2) is 23.1 Å². The van der Waals surface area contributed by atoms with Crippen LogP contribution in [0.1, 0.15) is 30.3 Å². The molecule has 0 fully saturated rings. The molecule has 8 heteroatoms. The van der Waals surface area contributed by atoms with Crippen molar-refractivity contribution in [1.29, 1.82) is 0 Å². The van der Waals surface area contributed by atoms with Gasteiger partial charge in [-0.1, -0.05) is 60.5 Å². The molecule has 0 aliphatic carbocycles. The molecule has 3 aromatic rings. The Labute approximate surface area is 199 Å². The Morgan fingerprint density at radius 2 is 1.27 bits per heavy atom. The smallest absolute Gasteiger partial charge is 0.208 e. The van der Waals surface area contributed by atoms with Crippen LogP contribution in [0, 0.1) is 20.8 Å². The Balaban J connectivity index is 0.000000416. The second-order valence-electron chi connectivity index (χ2n) is 7.01. The SMILES string of the molecule is CCCNS(C)(=O)=O.COc1ccc(C)cc1.COc1cnc(C)nc1.Cc1ccccc1. The fourth-order valence-electron chi connectivity index (χ4n) is 1.98. The van der Waals surface area contributed by atoms with Crippen molar-refractivity contribution in [3.05, 3.63) is 83.9 Å². The van der Waals surface area contributed by atoms with E-state index in [0.717, 1.165) is 24.3 Å². The average Bonchev–Trinajstić information content (AvgIpc) is 2.80. The summed E-state index contributed by atoms with van der Waals surface area (Å²) in [6.45, 7) is 8.43. The van der Waals surface area contributed by atoms with Gasteiger partial charge in [0.15, 0.2) is 5.75 Å². The molecule has 1 N–H and O–H groups in total. The third kappa shape index (κ3) is 18.3. The maximum absolute atomic E-state index is 10.3. The Morgan fingerprint density at radius 1 is 0.788 bits per heavy atom. The van der Waals surface area contributed by atoms with E-state index in [1.54, 1.807) is 26.6 Å². The van der Waals surface area contributed by atoms with Crippen LogP contribution in [0.15, 0.2) is 67.0 Å². The number of aromatic nitrogens is 2. The molecule has 0 amide bonds. The number of rotatable bonds is 5. The third-order valence-electron chi connectivity index (χ3n) is 3.80. The molecule has 0 radical (unpaired) electrons. The third-order valence-corrected chi connectivity index (χ3v) is 4.53. The van der Waals surface area contributed by atoms with E-state index < -0.39 is 10.0 Å². The van der Waals surface area contributed by atoms with Gasteiger partial charge >= 0.3 is 0 Å². The van der Waals surface area contributed by atoms with Crippen LogP contribution < -0.4 is 14.2 Å². The topological polar surface area (TPSA) is 90.4 Å². The molecule has 0 saturated heterocycles. The summed E-state index contributed by atoms with van der Waals surface area (Å²) in [5, 5.41) is 0. The second-order valence-corrected chi connectivity index (χ2v) is 8.84. The Hall–Kier alpha value is -2.97. The summed E-state index contributed by atoms with van der Waals surface area (Å²) < 4.78 is 32.7. The summed E-state index contributed by atoms with van der Waals surface area (Å²) in [5.41, 5.74) is 2.58. The van der Waals surface area contributed by atoms with Crippen LogP contribution in [0.4, 0.5) is 0 Å². The summed E-state index contributed by atoms with van der Waals surface area (Å²) in [7, 11) is 0.326. The number of sulfonamides is 1. The molecule has 0 bridgehead atoms. The molecular formula is C25H37N3O4S. The van der Waals surface area contributed by atoms with Gasteiger partial charge in [-0.2, -0.15) is 0 Å². The highest BCUT2D eigenvalue weighted by molar-refractivity contribution is 7.88. The second kappa shape index (κ2) is 17.6. The Morgan fingerprint density at radius 3 is 1.61 bits per heavy atom. The first-order chi connectivity index (χ1) is 15.6. The van der Waals surface area contributed by atoms with Crippen molar-refractivity contribution in [3.8, 4) is 11.5 Å². The normalized spacial score (nSPS) is 9.67. The van der Waals surface area contributed by atoms with Crippen LogP contribution in [0.25, 0.3) is 0 Å². The summed E-state index contributed by atoms with van der Waals surface area (Å²) in [6, 6.07) is 18.2. The van der Waals surface area contributed by atoms with Crippen molar-refractivity contribution in [2.75, 3.05) is 27.0 Å². The first-order valence-electron chi connectivity index (χ1n) is 10.5. The van der Waals surface area contributed by atoms with Crippen molar-refractivity contribution in [3.63, 3.8) is 0 Å². The highest BCUT2D eigenvalue weighted by atomic mass is 32.2. The molecule has 182 valence electrons. The Kier molecular flexibility index (Phi) is 16.0. The first-order valence-corrected chi connectivity index (χ1v) is 12.4. The van der Waals surface area contributed by atoms with Crippen molar-refractivity contribution >= 4 is 10.0 Å². The molecule has 1 heterocycles. The number of benzene rings is 2. The zero-order valence-corrected chi connectivity index (χ0v) is 21.5. The summed E-state index contributed by atoms with van der Waals surface area (Å²) in [4.78, 5) is 7.83. The highest BCUT2D eigenvalue weighted by Crippen LogP contribution is 2.09. The zero-order chi connectivity index (χ0) is 25.1. The predicted octanol–water partition coefficient (Wildman–Crippen LogP) is 4.74. The van der Waals surface area contributed by atoms with Crippen LogP contribution in [0.5, 0.6) is 11.5 Å². The van der Waals surface area contributed by atoms with Gasteiger partial charge in [0.05, 0.1) is 32.9 Å². The molecule has 0 atom stereocenters. The van der Waals surface area contributed by atoms with Crippen LogP contribution in [0.3, 0.4) is 0 Å². The van der Waals surface area contributed by atoms with E-state index in [1.807, 2.05) is 56.3 Å². The number of methoxy groups -OCH3 is 2. The summed E-state index contributed by atoms with van der Waals surface area (Å²) in [5.74, 6) is 2.37. The molecule has 0 unspecified atom stereocenters. The van der Waals surface area contributed by atoms with E-state index in [0.29, 0.717) is 12.3 Å². The number of ether oxygens (including phenoxy) is 2. The van der Waals surface area contributed by atoms with Crippen molar-refractivity contribution in [1.82, 2.24) is 14.7 Å². The van der Waals surface area contributed by atoms with Gasteiger partial charge in [-0.3, -0.25) is 0 Å². The van der Waals surface area contributed by atoms with Gasteiger partial charge in [-0.15, -0.1) is 0 Å². The molecule has 33 heavy (non-hydrogen) atoms. The molecule has 2 aromatic carbocycles. The number of nitrogens with zero attached hydrogens (tertiary/aromatic N) is 2. The number of hydrogen-bond donors (Lipinski definition) is 1. The van der Waals surface area contributed by atoms with Gasteiger partial charge in [-0.05, 0) is 39.3 Å². The van der Waals surface area contributed by atoms with Crippen LogP contribution in [-0.2, 0) is 10.0 Å². The highest BCUT2D eigenvalue weighted by Gasteiger charge is 1.94. The lowest BCUT2D eigenvalue weighted by molar-refractivity contribution is 0.410. The number of hydrogen-bond acceptors (Lipinski definition) is 6. The van der Waals surface area contributed by atoms with E-state index in [9.17, 15) is 8.42 Å². The predicted molar refractivity (Wildman–Crippen MR) is 135 cm³/mol. The monoisotopic (exact) mass is 475 g/mol. The van der Waals surface area contributed by atoms with E-state index >= 15 is 0 Å². The van der Waals surface area contributed by atoms with Gasteiger partial charge in [0.1, 0.15) is 11.6 Å².